The maximum Gasteiger partial charge on any atom is 0.222 e. The van der Waals surface area contributed by atoms with Crippen LogP contribution >= 0.6 is 0 Å². The van der Waals surface area contributed by atoms with Gasteiger partial charge in [0.2, 0.25) is 5.91 Å². The lowest BCUT2D eigenvalue weighted by atomic mass is 10.1. The number of benzene rings is 1. The predicted octanol–water partition coefficient (Wildman–Crippen LogP) is 2.05. The molecule has 1 aromatic carbocycles. The molecule has 0 unspecified atom stereocenters. The van der Waals surface area contributed by atoms with Crippen LogP contribution in [0.25, 0.3) is 11.1 Å². The normalized spacial score (nSPS) is 10.8. The molecule has 3 N–H and O–H groups in total. The second kappa shape index (κ2) is 6.23. The zero-order chi connectivity index (χ0) is 14.5. The van der Waals surface area contributed by atoms with E-state index in [1.807, 2.05) is 44.3 Å². The molecule has 0 fully saturated rings. The lowest BCUT2D eigenvalue weighted by molar-refractivity contribution is -0.121. The van der Waals surface area contributed by atoms with Crippen molar-refractivity contribution >= 4 is 11.6 Å². The van der Waals surface area contributed by atoms with Crippen LogP contribution in [-0.4, -0.2) is 21.7 Å². The van der Waals surface area contributed by atoms with Crippen molar-refractivity contribution in [1.29, 1.82) is 0 Å². The first kappa shape index (κ1) is 14.1. The van der Waals surface area contributed by atoms with Gasteiger partial charge in [0, 0.05) is 36.5 Å². The van der Waals surface area contributed by atoms with Gasteiger partial charge in [-0.05, 0) is 31.5 Å². The smallest absolute Gasteiger partial charge is 0.222 e. The summed E-state index contributed by atoms with van der Waals surface area (Å²) in [5.74, 6) is 0.0459. The zero-order valence-electron chi connectivity index (χ0n) is 11.8. The molecule has 0 radical (unpaired) electrons. The van der Waals surface area contributed by atoms with Crippen molar-refractivity contribution in [2.24, 2.45) is 0 Å². The molecular formula is C15H20N4O. The Bertz CT molecular complexity index is 572. The molecule has 0 spiro atoms. The Morgan fingerprint density at radius 2 is 2.00 bits per heavy atom. The number of amides is 1. The highest BCUT2D eigenvalue weighted by Gasteiger charge is 2.05. The van der Waals surface area contributed by atoms with Crippen LogP contribution in [0.3, 0.4) is 0 Å². The SMILES string of the molecule is CC(C)NC(=O)CCn1cc(-c2ccc(N)cc2)cn1. The summed E-state index contributed by atoms with van der Waals surface area (Å²) in [7, 11) is 0. The van der Waals surface area contributed by atoms with E-state index >= 15 is 0 Å². The van der Waals surface area contributed by atoms with E-state index in [0.29, 0.717) is 13.0 Å². The third-order valence-corrected chi connectivity index (χ3v) is 2.89. The number of aromatic nitrogens is 2. The molecular weight excluding hydrogens is 252 g/mol. The number of carbonyl (C=O) groups excluding carboxylic acids is 1. The molecule has 0 saturated heterocycles. The van der Waals surface area contributed by atoms with Gasteiger partial charge >= 0.3 is 0 Å². The maximum atomic E-state index is 11.6. The van der Waals surface area contributed by atoms with E-state index in [4.69, 9.17) is 5.73 Å². The molecule has 1 amide bonds. The van der Waals surface area contributed by atoms with Crippen molar-refractivity contribution in [2.75, 3.05) is 5.73 Å². The molecule has 1 aromatic heterocycles. The highest BCUT2D eigenvalue weighted by Crippen LogP contribution is 2.19. The maximum absolute atomic E-state index is 11.6. The molecule has 2 aromatic rings. The topological polar surface area (TPSA) is 72.9 Å². The Morgan fingerprint density at radius 1 is 1.30 bits per heavy atom. The van der Waals surface area contributed by atoms with Crippen molar-refractivity contribution in [2.45, 2.75) is 32.9 Å². The number of hydrogen-bond acceptors (Lipinski definition) is 3. The molecule has 0 atom stereocenters. The highest BCUT2D eigenvalue weighted by molar-refractivity contribution is 5.76. The quantitative estimate of drug-likeness (QED) is 0.818. The fourth-order valence-electron chi connectivity index (χ4n) is 1.92. The number of nitrogens with one attached hydrogen (secondary N) is 1. The van der Waals surface area contributed by atoms with Crippen LogP contribution < -0.4 is 11.1 Å². The molecule has 1 heterocycles. The summed E-state index contributed by atoms with van der Waals surface area (Å²) in [4.78, 5) is 11.6. The van der Waals surface area contributed by atoms with Gasteiger partial charge in [-0.1, -0.05) is 12.1 Å². The molecule has 106 valence electrons. The summed E-state index contributed by atoms with van der Waals surface area (Å²) < 4.78 is 1.78. The predicted molar refractivity (Wildman–Crippen MR) is 80.0 cm³/mol. The Morgan fingerprint density at radius 3 is 2.65 bits per heavy atom. The summed E-state index contributed by atoms with van der Waals surface area (Å²) in [5.41, 5.74) is 8.50. The molecule has 0 bridgehead atoms. The van der Waals surface area contributed by atoms with Crippen molar-refractivity contribution in [3.05, 3.63) is 36.7 Å². The summed E-state index contributed by atoms with van der Waals surface area (Å²) >= 11 is 0. The molecule has 2 rings (SSSR count). The Labute approximate surface area is 118 Å². The van der Waals surface area contributed by atoms with E-state index in [9.17, 15) is 4.79 Å². The van der Waals surface area contributed by atoms with Crippen LogP contribution in [-0.2, 0) is 11.3 Å². The van der Waals surface area contributed by atoms with Gasteiger partial charge in [0.15, 0.2) is 0 Å². The number of carbonyl (C=O) groups is 1. The van der Waals surface area contributed by atoms with E-state index in [1.165, 1.54) is 0 Å². The second-order valence-corrected chi connectivity index (χ2v) is 5.09. The first-order valence-electron chi connectivity index (χ1n) is 6.72. The van der Waals surface area contributed by atoms with E-state index in [0.717, 1.165) is 16.8 Å². The number of nitrogen functional groups attached to an aromatic ring is 1. The summed E-state index contributed by atoms with van der Waals surface area (Å²) in [6.07, 6.45) is 4.17. The average Bonchev–Trinajstić information content (AvgIpc) is 2.85. The molecule has 5 heteroatoms. The second-order valence-electron chi connectivity index (χ2n) is 5.09. The number of rotatable bonds is 5. The third-order valence-electron chi connectivity index (χ3n) is 2.89. The van der Waals surface area contributed by atoms with E-state index < -0.39 is 0 Å². The van der Waals surface area contributed by atoms with Gasteiger partial charge < -0.3 is 11.1 Å². The van der Waals surface area contributed by atoms with Gasteiger partial charge in [-0.2, -0.15) is 5.10 Å². The van der Waals surface area contributed by atoms with Gasteiger partial charge in [0.1, 0.15) is 0 Å². The van der Waals surface area contributed by atoms with Gasteiger partial charge in [0.05, 0.1) is 6.20 Å². The third kappa shape index (κ3) is 3.85. The van der Waals surface area contributed by atoms with Crippen LogP contribution in [0.2, 0.25) is 0 Å². The van der Waals surface area contributed by atoms with Gasteiger partial charge in [-0.15, -0.1) is 0 Å². The zero-order valence-corrected chi connectivity index (χ0v) is 11.8. The minimum atomic E-state index is 0.0459. The van der Waals surface area contributed by atoms with Gasteiger partial charge in [-0.25, -0.2) is 0 Å². The Balaban J connectivity index is 1.95. The summed E-state index contributed by atoms with van der Waals surface area (Å²) in [6, 6.07) is 7.82. The largest absolute Gasteiger partial charge is 0.399 e. The molecule has 0 aliphatic rings. The summed E-state index contributed by atoms with van der Waals surface area (Å²) in [6.45, 7) is 4.48. The Hall–Kier alpha value is -2.30. The molecule has 20 heavy (non-hydrogen) atoms. The minimum absolute atomic E-state index is 0.0459. The van der Waals surface area contributed by atoms with Crippen LogP contribution in [0, 0.1) is 0 Å². The van der Waals surface area contributed by atoms with Gasteiger partial charge in [-0.3, -0.25) is 9.48 Å². The van der Waals surface area contributed by atoms with E-state index in [1.54, 1.807) is 10.9 Å². The number of nitrogens with two attached hydrogens (primary N) is 1. The van der Waals surface area contributed by atoms with Crippen molar-refractivity contribution < 1.29 is 4.79 Å². The molecule has 5 nitrogen and oxygen atoms in total. The highest BCUT2D eigenvalue weighted by atomic mass is 16.1. The molecule has 0 aliphatic heterocycles. The average molecular weight is 272 g/mol. The van der Waals surface area contributed by atoms with E-state index in [2.05, 4.69) is 10.4 Å². The van der Waals surface area contributed by atoms with Crippen molar-refractivity contribution in [1.82, 2.24) is 15.1 Å². The van der Waals surface area contributed by atoms with Crippen molar-refractivity contribution in [3.8, 4) is 11.1 Å². The fourth-order valence-corrected chi connectivity index (χ4v) is 1.92. The van der Waals surface area contributed by atoms with Crippen LogP contribution in [0.5, 0.6) is 0 Å². The van der Waals surface area contributed by atoms with Crippen LogP contribution in [0.4, 0.5) is 5.69 Å². The molecule has 0 aliphatic carbocycles. The van der Waals surface area contributed by atoms with Gasteiger partial charge in [0.25, 0.3) is 0 Å². The number of anilines is 1. The molecule has 0 saturated carbocycles. The minimum Gasteiger partial charge on any atom is -0.399 e. The lowest BCUT2D eigenvalue weighted by Crippen LogP contribution is -2.30. The standard InChI is InChI=1S/C15H20N4O/c1-11(2)18-15(20)7-8-19-10-13(9-17-19)12-3-5-14(16)6-4-12/h3-6,9-11H,7-8,16H2,1-2H3,(H,18,20). The fraction of sp³-hybridized carbons (Fsp3) is 0.333. The van der Waals surface area contributed by atoms with Crippen LogP contribution in [0.15, 0.2) is 36.7 Å². The lowest BCUT2D eigenvalue weighted by Gasteiger charge is -2.07. The first-order chi connectivity index (χ1) is 9.54. The number of aryl methyl sites for hydroxylation is 1. The number of nitrogens with zero attached hydrogens (tertiary/aromatic N) is 2. The van der Waals surface area contributed by atoms with E-state index in [-0.39, 0.29) is 11.9 Å². The monoisotopic (exact) mass is 272 g/mol. The summed E-state index contributed by atoms with van der Waals surface area (Å²) in [5, 5.41) is 7.14. The Kier molecular flexibility index (Phi) is 4.40. The van der Waals surface area contributed by atoms with Crippen molar-refractivity contribution in [3.63, 3.8) is 0 Å². The van der Waals surface area contributed by atoms with Crippen LogP contribution in [0.1, 0.15) is 20.3 Å². The first-order valence-corrected chi connectivity index (χ1v) is 6.72. The number of hydrogen-bond donors (Lipinski definition) is 2.